The Balaban J connectivity index is 2.06. The second kappa shape index (κ2) is 4.92. The van der Waals surface area contributed by atoms with Crippen molar-refractivity contribution >= 4 is 16.6 Å². The Hall–Kier alpha value is -1.64. The average Bonchev–Trinajstić information content (AvgIpc) is 2.67. The summed E-state index contributed by atoms with van der Waals surface area (Å²) >= 11 is 0. The van der Waals surface area contributed by atoms with Crippen LogP contribution in [-0.4, -0.2) is 18.1 Å². The monoisotopic (exact) mass is 244 g/mol. The zero-order chi connectivity index (χ0) is 12.4. The van der Waals surface area contributed by atoms with E-state index in [9.17, 15) is 4.39 Å². The van der Waals surface area contributed by atoms with Crippen LogP contribution in [0.3, 0.4) is 0 Å². The lowest BCUT2D eigenvalue weighted by Gasteiger charge is -2.24. The minimum absolute atomic E-state index is 0.188. The lowest BCUT2D eigenvalue weighted by molar-refractivity contribution is 0.629. The number of nitrogens with zero attached hydrogens (tertiary/aromatic N) is 2. The molecule has 0 unspecified atom stereocenters. The van der Waals surface area contributed by atoms with E-state index >= 15 is 0 Å². The molecular weight excluding hydrogens is 227 g/mol. The smallest absolute Gasteiger partial charge is 0.124 e. The average molecular weight is 244 g/mol. The summed E-state index contributed by atoms with van der Waals surface area (Å²) in [5, 5.41) is 0.930. The van der Waals surface area contributed by atoms with E-state index < -0.39 is 0 Å². The van der Waals surface area contributed by atoms with Gasteiger partial charge in [-0.2, -0.15) is 0 Å². The predicted molar refractivity (Wildman–Crippen MR) is 72.4 cm³/mol. The molecule has 0 radical (unpaired) electrons. The summed E-state index contributed by atoms with van der Waals surface area (Å²) in [4.78, 5) is 6.68. The van der Waals surface area contributed by atoms with E-state index in [0.717, 1.165) is 29.7 Å². The highest BCUT2D eigenvalue weighted by Crippen LogP contribution is 2.27. The van der Waals surface area contributed by atoms with Gasteiger partial charge in [-0.05, 0) is 37.1 Å². The number of fused-ring (bicyclic) bond motifs is 1. The molecule has 0 atom stereocenters. The Morgan fingerprint density at radius 1 is 1.00 bits per heavy atom. The molecule has 18 heavy (non-hydrogen) atoms. The lowest BCUT2D eigenvalue weighted by Crippen LogP contribution is -2.24. The van der Waals surface area contributed by atoms with E-state index in [1.165, 1.54) is 31.7 Å². The number of anilines is 1. The molecule has 2 aromatic rings. The maximum Gasteiger partial charge on any atom is 0.124 e. The van der Waals surface area contributed by atoms with Crippen LogP contribution in [0.25, 0.3) is 10.9 Å². The van der Waals surface area contributed by atoms with Crippen molar-refractivity contribution in [2.75, 3.05) is 18.0 Å². The third kappa shape index (κ3) is 2.17. The van der Waals surface area contributed by atoms with Crippen molar-refractivity contribution in [2.24, 2.45) is 0 Å². The van der Waals surface area contributed by atoms with E-state index in [0.29, 0.717) is 0 Å². The van der Waals surface area contributed by atoms with Gasteiger partial charge in [-0.1, -0.05) is 12.8 Å². The van der Waals surface area contributed by atoms with Gasteiger partial charge in [-0.25, -0.2) is 4.39 Å². The van der Waals surface area contributed by atoms with Crippen molar-refractivity contribution in [3.05, 3.63) is 36.3 Å². The van der Waals surface area contributed by atoms with Gasteiger partial charge in [0.05, 0.1) is 5.52 Å². The summed E-state index contributed by atoms with van der Waals surface area (Å²) in [5.41, 5.74) is 2.00. The minimum atomic E-state index is -0.188. The van der Waals surface area contributed by atoms with Gasteiger partial charge in [-0.15, -0.1) is 0 Å². The first-order valence-corrected chi connectivity index (χ1v) is 6.64. The largest absolute Gasteiger partial charge is 0.371 e. The summed E-state index contributed by atoms with van der Waals surface area (Å²) in [6, 6.07) is 6.84. The van der Waals surface area contributed by atoms with E-state index in [1.54, 1.807) is 12.1 Å². The summed E-state index contributed by atoms with van der Waals surface area (Å²) in [6.45, 7) is 2.13. The first-order valence-electron chi connectivity index (χ1n) is 6.64. The Bertz CT molecular complexity index is 545. The highest BCUT2D eigenvalue weighted by Gasteiger charge is 2.13. The van der Waals surface area contributed by atoms with E-state index in [4.69, 9.17) is 0 Å². The normalized spacial score (nSPS) is 16.8. The van der Waals surface area contributed by atoms with Crippen molar-refractivity contribution in [3.63, 3.8) is 0 Å². The number of benzene rings is 1. The molecule has 0 aliphatic carbocycles. The topological polar surface area (TPSA) is 16.1 Å². The van der Waals surface area contributed by atoms with Crippen LogP contribution in [-0.2, 0) is 0 Å². The Kier molecular flexibility index (Phi) is 3.13. The van der Waals surface area contributed by atoms with Crippen LogP contribution < -0.4 is 4.90 Å². The molecule has 2 nitrogen and oxygen atoms in total. The number of hydrogen-bond donors (Lipinski definition) is 0. The van der Waals surface area contributed by atoms with Crippen molar-refractivity contribution in [1.82, 2.24) is 4.98 Å². The van der Waals surface area contributed by atoms with Gasteiger partial charge in [0.2, 0.25) is 0 Å². The number of pyridine rings is 1. The molecule has 1 saturated heterocycles. The van der Waals surface area contributed by atoms with Gasteiger partial charge in [0.1, 0.15) is 5.82 Å². The Morgan fingerprint density at radius 2 is 1.78 bits per heavy atom. The molecular formula is C15H17FN2. The van der Waals surface area contributed by atoms with Gasteiger partial charge in [0.15, 0.2) is 0 Å². The van der Waals surface area contributed by atoms with Crippen LogP contribution in [0.2, 0.25) is 0 Å². The number of aromatic nitrogens is 1. The molecule has 0 spiro atoms. The quantitative estimate of drug-likeness (QED) is 0.759. The zero-order valence-electron chi connectivity index (χ0n) is 10.4. The van der Waals surface area contributed by atoms with Crippen molar-refractivity contribution in [2.45, 2.75) is 25.7 Å². The van der Waals surface area contributed by atoms with E-state index in [-0.39, 0.29) is 5.82 Å². The molecule has 1 aliphatic rings. The van der Waals surface area contributed by atoms with Gasteiger partial charge < -0.3 is 4.90 Å². The Morgan fingerprint density at radius 3 is 2.56 bits per heavy atom. The summed E-state index contributed by atoms with van der Waals surface area (Å²) in [5.74, 6) is -0.188. The van der Waals surface area contributed by atoms with Gasteiger partial charge >= 0.3 is 0 Å². The van der Waals surface area contributed by atoms with Gasteiger partial charge in [-0.3, -0.25) is 4.98 Å². The molecule has 3 rings (SSSR count). The van der Waals surface area contributed by atoms with Crippen LogP contribution in [0.5, 0.6) is 0 Å². The maximum absolute atomic E-state index is 13.4. The second-order valence-electron chi connectivity index (χ2n) is 4.89. The maximum atomic E-state index is 13.4. The van der Waals surface area contributed by atoms with Crippen LogP contribution in [0.15, 0.2) is 30.5 Å². The van der Waals surface area contributed by atoms with E-state index in [2.05, 4.69) is 9.88 Å². The van der Waals surface area contributed by atoms with Crippen LogP contribution >= 0.6 is 0 Å². The van der Waals surface area contributed by atoms with Crippen molar-refractivity contribution < 1.29 is 4.39 Å². The molecule has 1 aromatic carbocycles. The van der Waals surface area contributed by atoms with Crippen LogP contribution in [0.4, 0.5) is 10.1 Å². The third-order valence-corrected chi connectivity index (χ3v) is 3.63. The van der Waals surface area contributed by atoms with Crippen molar-refractivity contribution in [1.29, 1.82) is 0 Å². The highest BCUT2D eigenvalue weighted by atomic mass is 19.1. The molecule has 94 valence electrons. The molecule has 1 aromatic heterocycles. The standard InChI is InChI=1S/C15H17FN2/c16-12-5-6-14-13(11-12)15(7-8-17-14)18-9-3-1-2-4-10-18/h5-8,11H,1-4,9-10H2. The highest BCUT2D eigenvalue weighted by molar-refractivity contribution is 5.91. The molecule has 0 bridgehead atoms. The molecule has 3 heteroatoms. The van der Waals surface area contributed by atoms with E-state index in [1.807, 2.05) is 12.3 Å². The number of halogens is 1. The molecule has 1 fully saturated rings. The first kappa shape index (κ1) is 11.5. The fraction of sp³-hybridized carbons (Fsp3) is 0.400. The SMILES string of the molecule is Fc1ccc2nccc(N3CCCCCC3)c2c1. The Labute approximate surface area is 106 Å². The molecule has 0 amide bonds. The molecule has 2 heterocycles. The second-order valence-corrected chi connectivity index (χ2v) is 4.89. The lowest BCUT2D eigenvalue weighted by atomic mass is 10.1. The summed E-state index contributed by atoms with van der Waals surface area (Å²) in [7, 11) is 0. The first-order chi connectivity index (χ1) is 8.84. The third-order valence-electron chi connectivity index (χ3n) is 3.63. The molecule has 0 N–H and O–H groups in total. The zero-order valence-corrected chi connectivity index (χ0v) is 10.4. The van der Waals surface area contributed by atoms with Gasteiger partial charge in [0.25, 0.3) is 0 Å². The van der Waals surface area contributed by atoms with Crippen LogP contribution in [0, 0.1) is 5.82 Å². The molecule has 0 saturated carbocycles. The van der Waals surface area contributed by atoms with Gasteiger partial charge in [0, 0.05) is 30.4 Å². The fourth-order valence-corrected chi connectivity index (χ4v) is 2.69. The number of rotatable bonds is 1. The fourth-order valence-electron chi connectivity index (χ4n) is 2.69. The molecule has 1 aliphatic heterocycles. The minimum Gasteiger partial charge on any atom is -0.371 e. The number of hydrogen-bond acceptors (Lipinski definition) is 2. The van der Waals surface area contributed by atoms with Crippen molar-refractivity contribution in [3.8, 4) is 0 Å². The predicted octanol–water partition coefficient (Wildman–Crippen LogP) is 3.75. The van der Waals surface area contributed by atoms with Crippen LogP contribution in [0.1, 0.15) is 25.7 Å². The summed E-state index contributed by atoms with van der Waals surface area (Å²) < 4.78 is 13.4. The summed E-state index contributed by atoms with van der Waals surface area (Å²) in [6.07, 6.45) is 6.86.